The van der Waals surface area contributed by atoms with Crippen molar-refractivity contribution in [1.29, 1.82) is 0 Å². The van der Waals surface area contributed by atoms with Crippen LogP contribution in [0, 0.1) is 17.8 Å². The lowest BCUT2D eigenvalue weighted by Crippen LogP contribution is -2.43. The van der Waals surface area contributed by atoms with Crippen molar-refractivity contribution in [3.63, 3.8) is 0 Å². The van der Waals surface area contributed by atoms with Gasteiger partial charge >= 0.3 is 5.97 Å². The molecule has 0 aromatic carbocycles. The Morgan fingerprint density at radius 3 is 2.09 bits per heavy atom. The fourth-order valence-electron chi connectivity index (χ4n) is 3.84. The molecule has 0 spiro atoms. The van der Waals surface area contributed by atoms with Crippen molar-refractivity contribution in [3.05, 3.63) is 0 Å². The summed E-state index contributed by atoms with van der Waals surface area (Å²) in [5.41, 5.74) is -0.0586. The van der Waals surface area contributed by atoms with Crippen LogP contribution >= 0.6 is 0 Å². The van der Waals surface area contributed by atoms with Crippen molar-refractivity contribution >= 4 is 19.8 Å². The van der Waals surface area contributed by atoms with Crippen molar-refractivity contribution in [2.45, 2.75) is 84.7 Å². The number of hydrogen-bond acceptors (Lipinski definition) is 3. The number of ketones is 1. The molecule has 3 nitrogen and oxygen atoms in total. The molecule has 0 radical (unpaired) electrons. The first kappa shape index (κ1) is 19.4. The summed E-state index contributed by atoms with van der Waals surface area (Å²) in [5, 5.41) is 0. The lowest BCUT2D eigenvalue weighted by Gasteiger charge is -2.37. The van der Waals surface area contributed by atoms with Crippen LogP contribution in [0.1, 0.15) is 53.4 Å². The fraction of sp³-hybridized carbons (Fsp3) is 0.889. The van der Waals surface area contributed by atoms with Gasteiger partial charge in [-0.05, 0) is 30.6 Å². The molecular formula is C18H34O3Si. The van der Waals surface area contributed by atoms with Crippen LogP contribution in [0.2, 0.25) is 25.2 Å². The van der Waals surface area contributed by atoms with Gasteiger partial charge in [0, 0.05) is 12.8 Å². The molecule has 0 aromatic rings. The summed E-state index contributed by atoms with van der Waals surface area (Å²) in [7, 11) is -1.73. The van der Waals surface area contributed by atoms with Gasteiger partial charge in [-0.2, -0.15) is 0 Å². The van der Waals surface area contributed by atoms with E-state index in [4.69, 9.17) is 4.74 Å². The van der Waals surface area contributed by atoms with Gasteiger partial charge < -0.3 is 4.74 Å². The van der Waals surface area contributed by atoms with Crippen molar-refractivity contribution < 1.29 is 14.3 Å². The minimum Gasteiger partial charge on any atom is -0.462 e. The molecule has 1 aliphatic rings. The Morgan fingerprint density at radius 2 is 1.68 bits per heavy atom. The molecule has 0 aliphatic heterocycles. The largest absolute Gasteiger partial charge is 0.462 e. The van der Waals surface area contributed by atoms with Crippen LogP contribution in [-0.4, -0.2) is 25.9 Å². The predicted molar refractivity (Wildman–Crippen MR) is 93.6 cm³/mol. The molecular weight excluding hydrogens is 292 g/mol. The lowest BCUT2D eigenvalue weighted by atomic mass is 9.85. The molecule has 1 fully saturated rings. The summed E-state index contributed by atoms with van der Waals surface area (Å²) in [6.07, 6.45) is 3.13. The van der Waals surface area contributed by atoms with E-state index >= 15 is 0 Å². The molecule has 22 heavy (non-hydrogen) atoms. The zero-order valence-electron chi connectivity index (χ0n) is 15.4. The van der Waals surface area contributed by atoms with E-state index in [2.05, 4.69) is 47.3 Å². The average molecular weight is 327 g/mol. The van der Waals surface area contributed by atoms with E-state index in [0.29, 0.717) is 30.5 Å². The Bertz CT molecular complexity index is 388. The highest BCUT2D eigenvalue weighted by molar-refractivity contribution is 6.80. The van der Waals surface area contributed by atoms with Gasteiger partial charge in [0.1, 0.15) is 11.9 Å². The highest BCUT2D eigenvalue weighted by atomic mass is 28.3. The van der Waals surface area contributed by atoms with Gasteiger partial charge in [-0.15, -0.1) is 0 Å². The molecule has 1 saturated carbocycles. The van der Waals surface area contributed by atoms with E-state index in [9.17, 15) is 9.59 Å². The third-order valence-electron chi connectivity index (χ3n) is 4.75. The normalized spacial score (nSPS) is 21.5. The number of hydrogen-bond donors (Lipinski definition) is 0. The number of carbonyl (C=O) groups excluding carboxylic acids is 2. The molecule has 1 unspecified atom stereocenters. The van der Waals surface area contributed by atoms with Crippen molar-refractivity contribution in [1.82, 2.24) is 0 Å². The fourth-order valence-corrected chi connectivity index (χ4v) is 6.32. The maximum atomic E-state index is 12.9. The number of ether oxygens (including phenoxy) is 1. The van der Waals surface area contributed by atoms with Gasteiger partial charge in [-0.3, -0.25) is 9.59 Å². The Kier molecular flexibility index (Phi) is 6.84. The molecule has 0 amide bonds. The summed E-state index contributed by atoms with van der Waals surface area (Å²) in [5.74, 6) is 1.10. The third kappa shape index (κ3) is 5.22. The van der Waals surface area contributed by atoms with Crippen LogP contribution in [0.5, 0.6) is 0 Å². The first-order chi connectivity index (χ1) is 10.0. The third-order valence-corrected chi connectivity index (χ3v) is 7.32. The Hall–Kier alpha value is -0.643. The summed E-state index contributed by atoms with van der Waals surface area (Å²) in [6.45, 7) is 15.1. The van der Waals surface area contributed by atoms with E-state index in [-0.39, 0.29) is 23.5 Å². The molecule has 0 saturated heterocycles. The molecule has 2 atom stereocenters. The monoisotopic (exact) mass is 326 g/mol. The van der Waals surface area contributed by atoms with Crippen LogP contribution in [0.15, 0.2) is 0 Å². The van der Waals surface area contributed by atoms with Crippen LogP contribution in [0.25, 0.3) is 0 Å². The second-order valence-corrected chi connectivity index (χ2v) is 14.0. The molecule has 4 heteroatoms. The Morgan fingerprint density at radius 1 is 1.14 bits per heavy atom. The van der Waals surface area contributed by atoms with E-state index in [1.54, 1.807) is 0 Å². The van der Waals surface area contributed by atoms with E-state index in [1.807, 2.05) is 0 Å². The smallest absolute Gasteiger partial charge is 0.306 e. The molecule has 0 N–H and O–H groups in total. The second-order valence-electron chi connectivity index (χ2n) is 8.63. The maximum Gasteiger partial charge on any atom is 0.306 e. The topological polar surface area (TPSA) is 43.4 Å². The zero-order chi connectivity index (χ0) is 17.1. The van der Waals surface area contributed by atoms with Crippen molar-refractivity contribution in [2.24, 2.45) is 17.8 Å². The minimum absolute atomic E-state index is 0.0364. The molecule has 1 aliphatic carbocycles. The first-order valence-electron chi connectivity index (χ1n) is 8.76. The van der Waals surface area contributed by atoms with E-state index < -0.39 is 8.07 Å². The summed E-state index contributed by atoms with van der Waals surface area (Å²) in [4.78, 5) is 24.7. The molecule has 128 valence electrons. The number of Topliss-reactive ketones (excluding diaryl/α,β-unsaturated/α-hetero) is 1. The van der Waals surface area contributed by atoms with Gasteiger partial charge in [-0.25, -0.2) is 0 Å². The van der Waals surface area contributed by atoms with Crippen LogP contribution < -0.4 is 0 Å². The molecule has 0 bridgehead atoms. The molecule has 1 rings (SSSR count). The number of rotatable bonds is 6. The van der Waals surface area contributed by atoms with Crippen molar-refractivity contribution in [3.8, 4) is 0 Å². The standard InChI is InChI=1S/C18H34O3Si/c1-12(2)16(13(3)4)21-18(20)17(22(5,6)7)14-9-8-10-15(19)11-14/h12-14,16-17H,8-11H2,1-7H3/t14-,17?/m1/s1. The maximum absolute atomic E-state index is 12.9. The van der Waals surface area contributed by atoms with E-state index in [1.165, 1.54) is 0 Å². The molecule has 0 aromatic heterocycles. The highest BCUT2D eigenvalue weighted by Gasteiger charge is 2.43. The Balaban J connectivity index is 2.92. The van der Waals surface area contributed by atoms with E-state index in [0.717, 1.165) is 12.8 Å². The second kappa shape index (κ2) is 7.76. The van der Waals surface area contributed by atoms with Crippen LogP contribution in [0.4, 0.5) is 0 Å². The van der Waals surface area contributed by atoms with Gasteiger partial charge in [0.15, 0.2) is 0 Å². The summed E-state index contributed by atoms with van der Waals surface area (Å²) < 4.78 is 5.93. The SMILES string of the molecule is CC(C)C(OC(=O)C([C@@H]1CCCC(=O)C1)[Si](C)(C)C)C(C)C. The minimum atomic E-state index is -1.73. The summed E-state index contributed by atoms with van der Waals surface area (Å²) >= 11 is 0. The van der Waals surface area contributed by atoms with Gasteiger partial charge in [0.2, 0.25) is 0 Å². The average Bonchev–Trinajstić information content (AvgIpc) is 2.33. The van der Waals surface area contributed by atoms with Crippen molar-refractivity contribution in [2.75, 3.05) is 0 Å². The lowest BCUT2D eigenvalue weighted by molar-refractivity contribution is -0.155. The quantitative estimate of drug-likeness (QED) is 0.526. The van der Waals surface area contributed by atoms with Gasteiger partial charge in [0.05, 0.1) is 13.6 Å². The Labute approximate surface area is 137 Å². The van der Waals surface area contributed by atoms with Crippen LogP contribution in [0.3, 0.4) is 0 Å². The number of carbonyl (C=O) groups is 2. The first-order valence-corrected chi connectivity index (χ1v) is 12.3. The molecule has 0 heterocycles. The zero-order valence-corrected chi connectivity index (χ0v) is 16.4. The number of esters is 1. The van der Waals surface area contributed by atoms with Crippen LogP contribution in [-0.2, 0) is 14.3 Å². The predicted octanol–water partition coefficient (Wildman–Crippen LogP) is 4.68. The van der Waals surface area contributed by atoms with Gasteiger partial charge in [-0.1, -0.05) is 47.3 Å². The van der Waals surface area contributed by atoms with Gasteiger partial charge in [0.25, 0.3) is 0 Å². The summed E-state index contributed by atoms with van der Waals surface area (Å²) in [6, 6.07) is 0. The highest BCUT2D eigenvalue weighted by Crippen LogP contribution is 2.40.